The van der Waals surface area contributed by atoms with Crippen molar-refractivity contribution >= 4 is 33.1 Å². The molecular formula is C21H18N2O4S. The molecule has 0 heterocycles. The van der Waals surface area contributed by atoms with Crippen molar-refractivity contribution in [3.63, 3.8) is 0 Å². The van der Waals surface area contributed by atoms with Gasteiger partial charge < -0.3 is 5.32 Å². The van der Waals surface area contributed by atoms with Crippen molar-refractivity contribution in [2.75, 3.05) is 10.0 Å². The highest BCUT2D eigenvalue weighted by Crippen LogP contribution is 2.17. The predicted octanol–water partition coefficient (Wildman–Crippen LogP) is 3.94. The first-order valence-corrected chi connectivity index (χ1v) is 9.94. The molecule has 28 heavy (non-hydrogen) atoms. The smallest absolute Gasteiger partial charge is 0.261 e. The summed E-state index contributed by atoms with van der Waals surface area (Å²) >= 11 is 0. The molecule has 2 N–H and O–H groups in total. The van der Waals surface area contributed by atoms with Crippen molar-refractivity contribution in [1.82, 2.24) is 0 Å². The SMILES string of the molecule is CC(=O)c1ccc(NC(=O)c2ccc(S(=O)(=O)Nc3ccccc3)cc2)cc1. The Kier molecular flexibility index (Phi) is 5.56. The van der Waals surface area contributed by atoms with Crippen LogP contribution in [0.4, 0.5) is 11.4 Å². The summed E-state index contributed by atoms with van der Waals surface area (Å²) in [7, 11) is -3.74. The summed E-state index contributed by atoms with van der Waals surface area (Å²) in [6.45, 7) is 1.47. The highest BCUT2D eigenvalue weighted by Gasteiger charge is 2.15. The number of sulfonamides is 1. The van der Waals surface area contributed by atoms with E-state index in [-0.39, 0.29) is 16.6 Å². The van der Waals surface area contributed by atoms with Crippen molar-refractivity contribution in [2.45, 2.75) is 11.8 Å². The normalized spacial score (nSPS) is 10.9. The fourth-order valence-corrected chi connectivity index (χ4v) is 3.56. The summed E-state index contributed by atoms with van der Waals surface area (Å²) in [4.78, 5) is 23.7. The van der Waals surface area contributed by atoms with Gasteiger partial charge in [0.05, 0.1) is 4.90 Å². The molecule has 0 unspecified atom stereocenters. The first-order chi connectivity index (χ1) is 13.3. The Labute approximate surface area is 163 Å². The van der Waals surface area contributed by atoms with Crippen molar-refractivity contribution in [3.05, 3.63) is 90.0 Å². The quantitative estimate of drug-likeness (QED) is 0.620. The zero-order valence-electron chi connectivity index (χ0n) is 15.0. The number of hydrogen-bond acceptors (Lipinski definition) is 4. The van der Waals surface area contributed by atoms with E-state index in [2.05, 4.69) is 10.0 Å². The Balaban J connectivity index is 1.71. The summed E-state index contributed by atoms with van der Waals surface area (Å²) in [5, 5.41) is 2.71. The topological polar surface area (TPSA) is 92.3 Å². The molecule has 1 amide bonds. The van der Waals surface area contributed by atoms with Gasteiger partial charge in [0.1, 0.15) is 0 Å². The van der Waals surface area contributed by atoms with Gasteiger partial charge in [0.25, 0.3) is 15.9 Å². The average Bonchev–Trinajstić information content (AvgIpc) is 2.69. The van der Waals surface area contributed by atoms with Gasteiger partial charge in [-0.3, -0.25) is 14.3 Å². The Morgan fingerprint density at radius 1 is 0.714 bits per heavy atom. The van der Waals surface area contributed by atoms with Crippen LogP contribution in [0.5, 0.6) is 0 Å². The zero-order chi connectivity index (χ0) is 20.1. The first kappa shape index (κ1) is 19.3. The van der Waals surface area contributed by atoms with E-state index in [1.54, 1.807) is 54.6 Å². The average molecular weight is 394 g/mol. The van der Waals surface area contributed by atoms with E-state index in [1.807, 2.05) is 0 Å². The van der Waals surface area contributed by atoms with E-state index >= 15 is 0 Å². The maximum Gasteiger partial charge on any atom is 0.261 e. The van der Waals surface area contributed by atoms with Crippen LogP contribution in [0.3, 0.4) is 0 Å². The van der Waals surface area contributed by atoms with Crippen LogP contribution < -0.4 is 10.0 Å². The van der Waals surface area contributed by atoms with E-state index in [0.717, 1.165) is 0 Å². The van der Waals surface area contributed by atoms with Crippen LogP contribution in [0.25, 0.3) is 0 Å². The van der Waals surface area contributed by atoms with E-state index in [9.17, 15) is 18.0 Å². The summed E-state index contributed by atoms with van der Waals surface area (Å²) in [6, 6.07) is 20.7. The van der Waals surface area contributed by atoms with Gasteiger partial charge in [-0.05, 0) is 67.6 Å². The van der Waals surface area contributed by atoms with Crippen molar-refractivity contribution in [1.29, 1.82) is 0 Å². The molecular weight excluding hydrogens is 376 g/mol. The number of hydrogen-bond donors (Lipinski definition) is 2. The van der Waals surface area contributed by atoms with E-state index in [1.165, 1.54) is 31.2 Å². The highest BCUT2D eigenvalue weighted by atomic mass is 32.2. The number of anilines is 2. The van der Waals surface area contributed by atoms with Gasteiger partial charge >= 0.3 is 0 Å². The number of para-hydroxylation sites is 1. The summed E-state index contributed by atoms with van der Waals surface area (Å²) in [6.07, 6.45) is 0. The largest absolute Gasteiger partial charge is 0.322 e. The van der Waals surface area contributed by atoms with Crippen LogP contribution in [0.2, 0.25) is 0 Å². The molecule has 0 aliphatic rings. The number of carbonyl (C=O) groups excluding carboxylic acids is 2. The Hall–Kier alpha value is -3.45. The fraction of sp³-hybridized carbons (Fsp3) is 0.0476. The van der Waals surface area contributed by atoms with Gasteiger partial charge in [-0.1, -0.05) is 18.2 Å². The molecule has 0 fully saturated rings. The maximum atomic E-state index is 12.4. The van der Waals surface area contributed by atoms with Gasteiger partial charge in [-0.25, -0.2) is 8.42 Å². The molecule has 0 aliphatic heterocycles. The first-order valence-electron chi connectivity index (χ1n) is 8.45. The monoisotopic (exact) mass is 394 g/mol. The van der Waals surface area contributed by atoms with Gasteiger partial charge in [0.2, 0.25) is 0 Å². The van der Waals surface area contributed by atoms with Crippen LogP contribution >= 0.6 is 0 Å². The minimum Gasteiger partial charge on any atom is -0.322 e. The molecule has 0 aromatic heterocycles. The van der Waals surface area contributed by atoms with Crippen molar-refractivity contribution in [2.24, 2.45) is 0 Å². The van der Waals surface area contributed by atoms with Gasteiger partial charge in [-0.15, -0.1) is 0 Å². The molecule has 0 saturated heterocycles. The van der Waals surface area contributed by atoms with Crippen molar-refractivity contribution < 1.29 is 18.0 Å². The standard InChI is InChI=1S/C21H18N2O4S/c1-15(24)16-7-11-18(12-8-16)22-21(25)17-9-13-20(14-10-17)28(26,27)23-19-5-3-2-4-6-19/h2-14,23H,1H3,(H,22,25). The molecule has 3 aromatic rings. The number of Topliss-reactive ketones (excluding diaryl/α,β-unsaturated/α-hetero) is 1. The fourth-order valence-electron chi connectivity index (χ4n) is 2.50. The number of benzene rings is 3. The molecule has 0 radical (unpaired) electrons. The van der Waals surface area contributed by atoms with E-state index < -0.39 is 10.0 Å². The molecule has 6 nitrogen and oxygen atoms in total. The van der Waals surface area contributed by atoms with Gasteiger partial charge in [0, 0.05) is 22.5 Å². The number of rotatable bonds is 6. The molecule has 7 heteroatoms. The second-order valence-corrected chi connectivity index (χ2v) is 7.77. The third-order valence-corrected chi connectivity index (χ3v) is 5.40. The minimum absolute atomic E-state index is 0.0544. The van der Waals surface area contributed by atoms with Gasteiger partial charge in [-0.2, -0.15) is 0 Å². The van der Waals surface area contributed by atoms with Crippen molar-refractivity contribution in [3.8, 4) is 0 Å². The van der Waals surface area contributed by atoms with Gasteiger partial charge in [0.15, 0.2) is 5.78 Å². The lowest BCUT2D eigenvalue weighted by Gasteiger charge is -2.09. The molecule has 0 saturated carbocycles. The van der Waals surface area contributed by atoms with Crippen LogP contribution in [0.1, 0.15) is 27.6 Å². The summed E-state index contributed by atoms with van der Waals surface area (Å²) < 4.78 is 27.3. The Morgan fingerprint density at radius 2 is 1.29 bits per heavy atom. The maximum absolute atomic E-state index is 12.4. The molecule has 3 rings (SSSR count). The van der Waals surface area contributed by atoms with Crippen LogP contribution in [-0.4, -0.2) is 20.1 Å². The number of carbonyl (C=O) groups is 2. The van der Waals surface area contributed by atoms with E-state index in [4.69, 9.17) is 0 Å². The third kappa shape index (κ3) is 4.63. The Bertz CT molecular complexity index is 1090. The van der Waals surface area contributed by atoms with Crippen LogP contribution in [0, 0.1) is 0 Å². The molecule has 0 spiro atoms. The molecule has 0 bridgehead atoms. The molecule has 3 aromatic carbocycles. The van der Waals surface area contributed by atoms with Crippen LogP contribution in [-0.2, 0) is 10.0 Å². The molecule has 142 valence electrons. The zero-order valence-corrected chi connectivity index (χ0v) is 15.9. The predicted molar refractivity (Wildman–Crippen MR) is 108 cm³/mol. The molecule has 0 atom stereocenters. The van der Waals surface area contributed by atoms with Crippen LogP contribution in [0.15, 0.2) is 83.8 Å². The minimum atomic E-state index is -3.74. The number of ketones is 1. The third-order valence-electron chi connectivity index (χ3n) is 4.00. The van der Waals surface area contributed by atoms with E-state index in [0.29, 0.717) is 22.5 Å². The molecule has 0 aliphatic carbocycles. The lowest BCUT2D eigenvalue weighted by Crippen LogP contribution is -2.14. The Morgan fingerprint density at radius 3 is 1.86 bits per heavy atom. The lowest BCUT2D eigenvalue weighted by molar-refractivity contribution is 0.101. The second-order valence-electron chi connectivity index (χ2n) is 6.08. The second kappa shape index (κ2) is 8.06. The summed E-state index contributed by atoms with van der Waals surface area (Å²) in [5.41, 5.74) is 1.86. The summed E-state index contributed by atoms with van der Waals surface area (Å²) in [5.74, 6) is -0.436. The number of nitrogens with one attached hydrogen (secondary N) is 2. The number of amides is 1. The highest BCUT2D eigenvalue weighted by molar-refractivity contribution is 7.92. The lowest BCUT2D eigenvalue weighted by atomic mass is 10.1.